The van der Waals surface area contributed by atoms with E-state index >= 15 is 0 Å². The Morgan fingerprint density at radius 2 is 1.74 bits per heavy atom. The Kier molecular flexibility index (Phi) is 6.23. The third kappa shape index (κ3) is 4.59. The van der Waals surface area contributed by atoms with Crippen LogP contribution in [0.5, 0.6) is 0 Å². The van der Waals surface area contributed by atoms with E-state index < -0.39 is 0 Å². The minimum atomic E-state index is 0.0531. The topological polar surface area (TPSA) is 29.1 Å². The monoisotopic (exact) mass is 329 g/mol. The number of hydrogen-bond donors (Lipinski definition) is 1. The van der Waals surface area contributed by atoms with Crippen molar-refractivity contribution in [3.05, 3.63) is 63.7 Å². The van der Waals surface area contributed by atoms with Gasteiger partial charge in [-0.15, -0.1) is 0 Å². The molecule has 2 rings (SSSR count). The number of para-hydroxylation sites is 1. The molecule has 0 spiro atoms. The fourth-order valence-electron chi connectivity index (χ4n) is 2.65. The number of carbonyl (C=O) groups excluding carboxylic acids is 1. The van der Waals surface area contributed by atoms with Crippen LogP contribution in [0.15, 0.2) is 36.4 Å². The molecule has 2 aromatic carbocycles. The van der Waals surface area contributed by atoms with E-state index in [1.807, 2.05) is 25.1 Å². The first-order chi connectivity index (χ1) is 11.0. The van der Waals surface area contributed by atoms with Gasteiger partial charge >= 0.3 is 0 Å². The van der Waals surface area contributed by atoms with Crippen LogP contribution in [-0.4, -0.2) is 5.91 Å². The molecule has 1 N–H and O–H groups in total. The van der Waals surface area contributed by atoms with Crippen molar-refractivity contribution in [2.75, 3.05) is 5.32 Å². The van der Waals surface area contributed by atoms with E-state index in [1.54, 1.807) is 0 Å². The third-order valence-electron chi connectivity index (χ3n) is 4.14. The van der Waals surface area contributed by atoms with E-state index in [1.165, 1.54) is 11.1 Å². The van der Waals surface area contributed by atoms with Crippen LogP contribution in [0.3, 0.4) is 0 Å². The molecular formula is C20H24ClNO. The van der Waals surface area contributed by atoms with E-state index in [0.29, 0.717) is 12.8 Å². The molecule has 0 aliphatic carbocycles. The molecule has 0 saturated heterocycles. The quantitative estimate of drug-likeness (QED) is 0.761. The normalized spacial score (nSPS) is 10.6. The van der Waals surface area contributed by atoms with Crippen LogP contribution in [-0.2, 0) is 24.1 Å². The number of carbonyl (C=O) groups is 1. The van der Waals surface area contributed by atoms with Crippen LogP contribution in [0.25, 0.3) is 0 Å². The Balaban J connectivity index is 2.04. The lowest BCUT2D eigenvalue weighted by Crippen LogP contribution is -2.15. The number of amides is 1. The lowest BCUT2D eigenvalue weighted by molar-refractivity contribution is -0.116. The molecule has 2 aromatic rings. The smallest absolute Gasteiger partial charge is 0.224 e. The van der Waals surface area contributed by atoms with Gasteiger partial charge in [0.25, 0.3) is 0 Å². The highest BCUT2D eigenvalue weighted by molar-refractivity contribution is 6.31. The maximum Gasteiger partial charge on any atom is 0.224 e. The lowest BCUT2D eigenvalue weighted by atomic mass is 10.0. The average Bonchev–Trinajstić information content (AvgIpc) is 2.56. The summed E-state index contributed by atoms with van der Waals surface area (Å²) in [5.41, 5.74) is 5.52. The molecule has 122 valence electrons. The molecule has 0 fully saturated rings. The predicted octanol–water partition coefficient (Wildman–Crippen LogP) is 5.34. The molecule has 23 heavy (non-hydrogen) atoms. The number of rotatable bonds is 6. The Hall–Kier alpha value is -1.80. The second kappa shape index (κ2) is 8.16. The van der Waals surface area contributed by atoms with E-state index in [4.69, 9.17) is 11.6 Å². The molecule has 0 radical (unpaired) electrons. The number of anilines is 1. The Morgan fingerprint density at radius 3 is 2.30 bits per heavy atom. The predicted molar refractivity (Wildman–Crippen MR) is 98.3 cm³/mol. The zero-order valence-corrected chi connectivity index (χ0v) is 14.8. The zero-order valence-electron chi connectivity index (χ0n) is 14.1. The van der Waals surface area contributed by atoms with Crippen molar-refractivity contribution in [1.29, 1.82) is 0 Å². The van der Waals surface area contributed by atoms with Gasteiger partial charge in [-0.25, -0.2) is 0 Å². The molecule has 0 atom stereocenters. The Labute approximate surface area is 143 Å². The highest BCUT2D eigenvalue weighted by Gasteiger charge is 2.10. The van der Waals surface area contributed by atoms with Crippen LogP contribution < -0.4 is 5.32 Å². The summed E-state index contributed by atoms with van der Waals surface area (Å²) >= 11 is 6.14. The van der Waals surface area contributed by atoms with Gasteiger partial charge in [0.05, 0.1) is 0 Å². The standard InChI is InChI=1S/C20H24ClNO/c1-4-16-7-6-8-17(5-2)20(16)22-19(23)12-11-15-10-9-14(3)18(21)13-15/h6-10,13H,4-5,11-12H2,1-3H3,(H,22,23). The summed E-state index contributed by atoms with van der Waals surface area (Å²) in [4.78, 5) is 12.3. The van der Waals surface area contributed by atoms with Crippen LogP contribution in [0.4, 0.5) is 5.69 Å². The number of benzene rings is 2. The molecule has 2 nitrogen and oxygen atoms in total. The molecule has 0 aliphatic heterocycles. The molecule has 0 heterocycles. The first-order valence-corrected chi connectivity index (χ1v) is 8.58. The van der Waals surface area contributed by atoms with Gasteiger partial charge in [0, 0.05) is 17.1 Å². The largest absolute Gasteiger partial charge is 0.326 e. The summed E-state index contributed by atoms with van der Waals surface area (Å²) in [6.45, 7) is 6.20. The molecule has 3 heteroatoms. The minimum absolute atomic E-state index is 0.0531. The zero-order chi connectivity index (χ0) is 16.8. The van der Waals surface area contributed by atoms with Crippen LogP contribution in [0.1, 0.15) is 42.5 Å². The van der Waals surface area contributed by atoms with E-state index in [2.05, 4.69) is 37.4 Å². The molecule has 1 amide bonds. The van der Waals surface area contributed by atoms with Gasteiger partial charge < -0.3 is 5.32 Å². The highest BCUT2D eigenvalue weighted by atomic mass is 35.5. The van der Waals surface area contributed by atoms with E-state index in [-0.39, 0.29) is 5.91 Å². The third-order valence-corrected chi connectivity index (χ3v) is 4.55. The van der Waals surface area contributed by atoms with E-state index in [0.717, 1.165) is 34.7 Å². The molecule has 0 bridgehead atoms. The van der Waals surface area contributed by atoms with Gasteiger partial charge in [-0.1, -0.05) is 55.8 Å². The first kappa shape index (κ1) is 17.6. The fourth-order valence-corrected chi connectivity index (χ4v) is 2.86. The van der Waals surface area contributed by atoms with Crippen molar-refractivity contribution < 1.29 is 4.79 Å². The van der Waals surface area contributed by atoms with Gasteiger partial charge in [0.1, 0.15) is 0 Å². The number of halogens is 1. The van der Waals surface area contributed by atoms with Crippen LogP contribution in [0.2, 0.25) is 5.02 Å². The van der Waals surface area contributed by atoms with Crippen molar-refractivity contribution in [2.24, 2.45) is 0 Å². The van der Waals surface area contributed by atoms with Gasteiger partial charge in [0.2, 0.25) is 5.91 Å². The van der Waals surface area contributed by atoms with Gasteiger partial charge in [0.15, 0.2) is 0 Å². The number of nitrogens with one attached hydrogen (secondary N) is 1. The van der Waals surface area contributed by atoms with Crippen molar-refractivity contribution in [3.8, 4) is 0 Å². The second-order valence-corrected chi connectivity index (χ2v) is 6.20. The minimum Gasteiger partial charge on any atom is -0.326 e. The first-order valence-electron chi connectivity index (χ1n) is 8.20. The summed E-state index contributed by atoms with van der Waals surface area (Å²) in [6, 6.07) is 12.2. The summed E-state index contributed by atoms with van der Waals surface area (Å²) in [5, 5.41) is 3.86. The number of aryl methyl sites for hydroxylation is 4. The summed E-state index contributed by atoms with van der Waals surface area (Å²) in [5.74, 6) is 0.0531. The van der Waals surface area contributed by atoms with Gasteiger partial charge in [-0.3, -0.25) is 4.79 Å². The van der Waals surface area contributed by atoms with Crippen molar-refractivity contribution in [1.82, 2.24) is 0 Å². The Bertz CT molecular complexity index is 672. The highest BCUT2D eigenvalue weighted by Crippen LogP contribution is 2.23. The molecule has 0 unspecified atom stereocenters. The van der Waals surface area contributed by atoms with Crippen LogP contribution in [0, 0.1) is 6.92 Å². The average molecular weight is 330 g/mol. The van der Waals surface area contributed by atoms with Crippen molar-refractivity contribution in [3.63, 3.8) is 0 Å². The van der Waals surface area contributed by atoms with Crippen molar-refractivity contribution >= 4 is 23.2 Å². The summed E-state index contributed by atoms with van der Waals surface area (Å²) in [6.07, 6.45) is 2.98. The SMILES string of the molecule is CCc1cccc(CC)c1NC(=O)CCc1ccc(C)c(Cl)c1. The van der Waals surface area contributed by atoms with Gasteiger partial charge in [-0.05, 0) is 54.5 Å². The maximum atomic E-state index is 12.3. The Morgan fingerprint density at radius 1 is 1.09 bits per heavy atom. The maximum absolute atomic E-state index is 12.3. The number of hydrogen-bond acceptors (Lipinski definition) is 1. The molecule has 0 saturated carbocycles. The second-order valence-electron chi connectivity index (χ2n) is 5.79. The van der Waals surface area contributed by atoms with Gasteiger partial charge in [-0.2, -0.15) is 0 Å². The molecule has 0 aromatic heterocycles. The van der Waals surface area contributed by atoms with Crippen molar-refractivity contribution in [2.45, 2.75) is 46.5 Å². The fraction of sp³-hybridized carbons (Fsp3) is 0.350. The van der Waals surface area contributed by atoms with E-state index in [9.17, 15) is 4.79 Å². The lowest BCUT2D eigenvalue weighted by Gasteiger charge is -2.14. The molecular weight excluding hydrogens is 306 g/mol. The van der Waals surface area contributed by atoms with Crippen LogP contribution >= 0.6 is 11.6 Å². The summed E-state index contributed by atoms with van der Waals surface area (Å²) < 4.78 is 0. The summed E-state index contributed by atoms with van der Waals surface area (Å²) in [7, 11) is 0. The molecule has 0 aliphatic rings.